The molecule has 0 saturated heterocycles. The lowest BCUT2D eigenvalue weighted by molar-refractivity contribution is 0.0722. The highest BCUT2D eigenvalue weighted by molar-refractivity contribution is 5.61. The van der Waals surface area contributed by atoms with Crippen molar-refractivity contribution in [2.45, 2.75) is 46.1 Å². The predicted octanol–water partition coefficient (Wildman–Crippen LogP) is 3.88. The second-order valence-electron chi connectivity index (χ2n) is 5.46. The Morgan fingerprint density at radius 3 is 2.50 bits per heavy atom. The van der Waals surface area contributed by atoms with E-state index in [2.05, 4.69) is 38.1 Å². The largest absolute Gasteiger partial charge is 0.496 e. The molecule has 1 rings (SSSR count). The molecule has 0 heterocycles. The van der Waals surface area contributed by atoms with E-state index in [1.165, 1.54) is 5.56 Å². The average molecular weight is 248 g/mol. The molecule has 0 fully saturated rings. The molecule has 0 spiro atoms. The number of ether oxygens (including phenoxy) is 1. The van der Waals surface area contributed by atoms with E-state index in [-0.39, 0.29) is 0 Å². The number of rotatable bonds is 5. The summed E-state index contributed by atoms with van der Waals surface area (Å²) in [5.41, 5.74) is 2.89. The lowest BCUT2D eigenvalue weighted by atomic mass is 10.0. The van der Waals surface area contributed by atoms with E-state index in [1.807, 2.05) is 13.8 Å². The molecule has 0 amide bonds. The molecule has 100 valence electrons. The van der Waals surface area contributed by atoms with E-state index in [9.17, 15) is 5.11 Å². The summed E-state index contributed by atoms with van der Waals surface area (Å²) in [7, 11) is 1.70. The summed E-state index contributed by atoms with van der Waals surface area (Å²) in [4.78, 5) is 0. The molecule has 1 N–H and O–H groups in total. The van der Waals surface area contributed by atoms with E-state index >= 15 is 0 Å². The van der Waals surface area contributed by atoms with Crippen LogP contribution in [0.5, 0.6) is 5.75 Å². The van der Waals surface area contributed by atoms with Gasteiger partial charge in [0.15, 0.2) is 0 Å². The Kier molecular flexibility index (Phi) is 4.97. The summed E-state index contributed by atoms with van der Waals surface area (Å²) in [5.74, 6) is 0.931. The van der Waals surface area contributed by atoms with E-state index < -0.39 is 5.60 Å². The quantitative estimate of drug-likeness (QED) is 0.857. The third-order valence-corrected chi connectivity index (χ3v) is 2.87. The molecule has 18 heavy (non-hydrogen) atoms. The highest BCUT2D eigenvalue weighted by Gasteiger charge is 2.10. The third kappa shape index (κ3) is 4.53. The molecule has 0 aliphatic rings. The molecule has 2 nitrogen and oxygen atoms in total. The Morgan fingerprint density at radius 1 is 1.28 bits per heavy atom. The zero-order chi connectivity index (χ0) is 13.8. The number of hydrogen-bond donors (Lipinski definition) is 1. The van der Waals surface area contributed by atoms with Gasteiger partial charge in [0.05, 0.1) is 12.7 Å². The number of aryl methyl sites for hydroxylation is 2. The van der Waals surface area contributed by atoms with Gasteiger partial charge in [0, 0.05) is 5.56 Å². The van der Waals surface area contributed by atoms with Crippen LogP contribution in [0.2, 0.25) is 0 Å². The maximum absolute atomic E-state index is 9.65. The molecule has 0 aromatic heterocycles. The zero-order valence-corrected chi connectivity index (χ0v) is 12.1. The van der Waals surface area contributed by atoms with Gasteiger partial charge >= 0.3 is 0 Å². The van der Waals surface area contributed by atoms with E-state index in [0.29, 0.717) is 0 Å². The molecule has 0 unspecified atom stereocenters. The summed E-state index contributed by atoms with van der Waals surface area (Å²) < 4.78 is 5.43. The molecule has 1 aromatic carbocycles. The van der Waals surface area contributed by atoms with Gasteiger partial charge in [0.1, 0.15) is 5.75 Å². The van der Waals surface area contributed by atoms with Crippen LogP contribution in [-0.2, 0) is 0 Å². The van der Waals surface area contributed by atoms with Gasteiger partial charge in [-0.25, -0.2) is 0 Å². The number of benzene rings is 1. The van der Waals surface area contributed by atoms with Gasteiger partial charge in [-0.1, -0.05) is 23.8 Å². The van der Waals surface area contributed by atoms with Crippen molar-refractivity contribution in [2.24, 2.45) is 0 Å². The van der Waals surface area contributed by atoms with Crippen LogP contribution >= 0.6 is 0 Å². The second-order valence-corrected chi connectivity index (χ2v) is 5.46. The van der Waals surface area contributed by atoms with Gasteiger partial charge in [-0.15, -0.1) is 0 Å². The zero-order valence-electron chi connectivity index (χ0n) is 12.1. The van der Waals surface area contributed by atoms with Crippen LogP contribution in [0.3, 0.4) is 0 Å². The maximum Gasteiger partial charge on any atom is 0.128 e. The highest BCUT2D eigenvalue weighted by Crippen LogP contribution is 2.26. The van der Waals surface area contributed by atoms with Crippen molar-refractivity contribution >= 4 is 6.08 Å². The first kappa shape index (κ1) is 14.8. The topological polar surface area (TPSA) is 29.5 Å². The minimum absolute atomic E-state index is 0.600. The molecular weight excluding hydrogens is 224 g/mol. The average Bonchev–Trinajstić information content (AvgIpc) is 2.22. The first-order chi connectivity index (χ1) is 8.33. The summed E-state index contributed by atoms with van der Waals surface area (Å²) in [5, 5.41) is 9.65. The number of allylic oxidation sites excluding steroid dienone is 1. The monoisotopic (exact) mass is 248 g/mol. The van der Waals surface area contributed by atoms with Crippen molar-refractivity contribution < 1.29 is 9.84 Å². The summed E-state index contributed by atoms with van der Waals surface area (Å²) in [6.45, 7) is 7.80. The van der Waals surface area contributed by atoms with Gasteiger partial charge < -0.3 is 9.84 Å². The van der Waals surface area contributed by atoms with Crippen LogP contribution in [0.1, 0.15) is 43.4 Å². The SMILES string of the molecule is COc1c(C)cc(C)cc1/C=C/CCC(C)(C)O. The fourth-order valence-corrected chi connectivity index (χ4v) is 2.04. The van der Waals surface area contributed by atoms with Gasteiger partial charge in [0.25, 0.3) is 0 Å². The lowest BCUT2D eigenvalue weighted by Gasteiger charge is -2.15. The van der Waals surface area contributed by atoms with Crippen molar-refractivity contribution in [2.75, 3.05) is 7.11 Å². The van der Waals surface area contributed by atoms with Gasteiger partial charge in [-0.2, -0.15) is 0 Å². The molecule has 0 aliphatic carbocycles. The van der Waals surface area contributed by atoms with Crippen molar-refractivity contribution in [1.29, 1.82) is 0 Å². The number of aliphatic hydroxyl groups is 1. The van der Waals surface area contributed by atoms with Crippen LogP contribution in [0.15, 0.2) is 18.2 Å². The minimum atomic E-state index is -0.600. The Hall–Kier alpha value is -1.28. The van der Waals surface area contributed by atoms with Gasteiger partial charge in [-0.3, -0.25) is 0 Å². The van der Waals surface area contributed by atoms with E-state index in [1.54, 1.807) is 7.11 Å². The standard InChI is InChI=1S/C16H24O2/c1-12-10-13(2)15(18-5)14(11-12)8-6-7-9-16(3,4)17/h6,8,10-11,17H,7,9H2,1-5H3/b8-6+. The lowest BCUT2D eigenvalue weighted by Crippen LogP contribution is -2.17. The van der Waals surface area contributed by atoms with Crippen molar-refractivity contribution in [3.8, 4) is 5.75 Å². The molecule has 2 heteroatoms. The van der Waals surface area contributed by atoms with Crippen LogP contribution < -0.4 is 4.74 Å². The van der Waals surface area contributed by atoms with Crippen molar-refractivity contribution in [3.05, 3.63) is 34.9 Å². The van der Waals surface area contributed by atoms with Crippen LogP contribution in [0, 0.1) is 13.8 Å². The number of methoxy groups -OCH3 is 1. The molecule has 1 aromatic rings. The Labute approximate surface area is 110 Å². The smallest absolute Gasteiger partial charge is 0.128 e. The van der Waals surface area contributed by atoms with Gasteiger partial charge in [0.2, 0.25) is 0 Å². The van der Waals surface area contributed by atoms with Crippen LogP contribution in [-0.4, -0.2) is 17.8 Å². The minimum Gasteiger partial charge on any atom is -0.496 e. The second kappa shape index (κ2) is 6.05. The van der Waals surface area contributed by atoms with E-state index in [4.69, 9.17) is 4.74 Å². The highest BCUT2D eigenvalue weighted by atomic mass is 16.5. The van der Waals surface area contributed by atoms with E-state index in [0.717, 1.165) is 29.7 Å². The Morgan fingerprint density at radius 2 is 1.94 bits per heavy atom. The van der Waals surface area contributed by atoms with Crippen molar-refractivity contribution in [3.63, 3.8) is 0 Å². The summed E-state index contributed by atoms with van der Waals surface area (Å²) in [6.07, 6.45) is 5.79. The number of hydrogen-bond acceptors (Lipinski definition) is 2. The maximum atomic E-state index is 9.65. The molecule has 0 bridgehead atoms. The fourth-order valence-electron chi connectivity index (χ4n) is 2.04. The predicted molar refractivity (Wildman–Crippen MR) is 77.0 cm³/mol. The Bertz CT molecular complexity index is 425. The summed E-state index contributed by atoms with van der Waals surface area (Å²) >= 11 is 0. The normalized spacial score (nSPS) is 12.1. The van der Waals surface area contributed by atoms with Crippen LogP contribution in [0.25, 0.3) is 6.08 Å². The van der Waals surface area contributed by atoms with Crippen LogP contribution in [0.4, 0.5) is 0 Å². The van der Waals surface area contributed by atoms with Crippen molar-refractivity contribution in [1.82, 2.24) is 0 Å². The fraction of sp³-hybridized carbons (Fsp3) is 0.500. The first-order valence-electron chi connectivity index (χ1n) is 6.37. The molecule has 0 saturated carbocycles. The Balaban J connectivity index is 2.80. The third-order valence-electron chi connectivity index (χ3n) is 2.87. The first-order valence-corrected chi connectivity index (χ1v) is 6.37. The molecule has 0 radical (unpaired) electrons. The van der Waals surface area contributed by atoms with Gasteiger partial charge in [-0.05, 0) is 52.2 Å². The summed E-state index contributed by atoms with van der Waals surface area (Å²) in [6, 6.07) is 4.24. The molecular formula is C16H24O2. The molecule has 0 aliphatic heterocycles. The molecule has 0 atom stereocenters.